The van der Waals surface area contributed by atoms with Gasteiger partial charge in [0.05, 0.1) is 5.41 Å². The standard InChI is InChI=1S/C19H24BrNO/c1-17(2)18(3)10-11-19(17,15(18)20)16(22)21-12-6-8-13-7-4-5-9-14(13)21/h4-5,7,9,15H,6,8,10-12H2,1-3H3. The van der Waals surface area contributed by atoms with Crippen molar-refractivity contribution < 1.29 is 4.79 Å². The summed E-state index contributed by atoms with van der Waals surface area (Å²) in [7, 11) is 0. The number of carbonyl (C=O) groups is 1. The molecular formula is C19H24BrNO. The second kappa shape index (κ2) is 4.37. The Morgan fingerprint density at radius 1 is 1.23 bits per heavy atom. The zero-order valence-electron chi connectivity index (χ0n) is 13.7. The molecule has 1 heterocycles. The van der Waals surface area contributed by atoms with Crippen LogP contribution in [0.2, 0.25) is 0 Å². The lowest BCUT2D eigenvalue weighted by atomic mass is 9.43. The highest BCUT2D eigenvalue weighted by molar-refractivity contribution is 9.09. The molecule has 2 bridgehead atoms. The van der Waals surface area contributed by atoms with Crippen LogP contribution in [0.1, 0.15) is 45.6 Å². The van der Waals surface area contributed by atoms with Crippen molar-refractivity contribution in [1.82, 2.24) is 0 Å². The van der Waals surface area contributed by atoms with Crippen molar-refractivity contribution in [2.45, 2.75) is 51.3 Å². The minimum atomic E-state index is -0.230. The van der Waals surface area contributed by atoms with E-state index in [1.165, 1.54) is 5.56 Å². The average molecular weight is 362 g/mol. The van der Waals surface area contributed by atoms with E-state index in [0.29, 0.717) is 10.7 Å². The summed E-state index contributed by atoms with van der Waals surface area (Å²) in [5.41, 5.74) is 2.55. The van der Waals surface area contributed by atoms with Gasteiger partial charge < -0.3 is 4.90 Å². The van der Waals surface area contributed by atoms with E-state index in [2.05, 4.69) is 65.9 Å². The summed E-state index contributed by atoms with van der Waals surface area (Å²) < 4.78 is 0. The number of para-hydroxylation sites is 1. The van der Waals surface area contributed by atoms with Crippen molar-refractivity contribution in [3.63, 3.8) is 0 Å². The van der Waals surface area contributed by atoms with Crippen molar-refractivity contribution in [2.24, 2.45) is 16.2 Å². The van der Waals surface area contributed by atoms with Gasteiger partial charge in [-0.15, -0.1) is 0 Å². The maximum absolute atomic E-state index is 13.6. The first kappa shape index (κ1) is 14.7. The fraction of sp³-hybridized carbons (Fsp3) is 0.632. The highest BCUT2D eigenvalue weighted by atomic mass is 79.9. The summed E-state index contributed by atoms with van der Waals surface area (Å²) in [5.74, 6) is 0.349. The Labute approximate surface area is 141 Å². The number of carbonyl (C=O) groups excluding carboxylic acids is 1. The minimum Gasteiger partial charge on any atom is -0.312 e. The van der Waals surface area contributed by atoms with E-state index in [0.717, 1.165) is 37.9 Å². The zero-order valence-corrected chi connectivity index (χ0v) is 15.2. The number of aryl methyl sites for hydroxylation is 1. The SMILES string of the molecule is CC12CCC(C(=O)N3CCCc4ccccc43)(C1Br)C2(C)C. The molecule has 2 nitrogen and oxygen atoms in total. The second-order valence-corrected chi connectivity index (χ2v) is 8.98. The van der Waals surface area contributed by atoms with Crippen LogP contribution in [0.25, 0.3) is 0 Å². The van der Waals surface area contributed by atoms with Gasteiger partial charge in [0.1, 0.15) is 0 Å². The molecule has 3 aliphatic carbocycles. The first-order chi connectivity index (χ1) is 10.4. The largest absolute Gasteiger partial charge is 0.312 e. The van der Waals surface area contributed by atoms with Gasteiger partial charge in [-0.2, -0.15) is 0 Å². The molecule has 3 saturated carbocycles. The Kier molecular flexibility index (Phi) is 2.93. The molecule has 1 amide bonds. The third kappa shape index (κ3) is 1.40. The molecule has 4 aliphatic rings. The molecule has 1 aromatic carbocycles. The molecule has 3 heteroatoms. The number of amides is 1. The van der Waals surface area contributed by atoms with Gasteiger partial charge in [-0.1, -0.05) is 54.9 Å². The van der Waals surface area contributed by atoms with E-state index >= 15 is 0 Å². The quantitative estimate of drug-likeness (QED) is 0.671. The summed E-state index contributed by atoms with van der Waals surface area (Å²) in [5, 5.41) is 0. The topological polar surface area (TPSA) is 20.3 Å². The van der Waals surface area contributed by atoms with Gasteiger partial charge >= 0.3 is 0 Å². The first-order valence-corrected chi connectivity index (χ1v) is 9.32. The van der Waals surface area contributed by atoms with E-state index < -0.39 is 0 Å². The molecule has 5 rings (SSSR count). The van der Waals surface area contributed by atoms with Crippen LogP contribution in [0.4, 0.5) is 5.69 Å². The van der Waals surface area contributed by atoms with E-state index in [1.54, 1.807) is 0 Å². The lowest BCUT2D eigenvalue weighted by Crippen LogP contribution is -2.70. The zero-order chi connectivity index (χ0) is 15.8. The Morgan fingerprint density at radius 3 is 2.59 bits per heavy atom. The molecule has 0 aromatic heterocycles. The van der Waals surface area contributed by atoms with Gasteiger partial charge in [0.2, 0.25) is 5.91 Å². The van der Waals surface area contributed by atoms with Gasteiger partial charge in [-0.25, -0.2) is 0 Å². The van der Waals surface area contributed by atoms with Crippen molar-refractivity contribution in [2.75, 3.05) is 11.4 Å². The normalized spacial score (nSPS) is 38.4. The van der Waals surface area contributed by atoms with Gasteiger partial charge in [0.15, 0.2) is 0 Å². The summed E-state index contributed by atoms with van der Waals surface area (Å²) >= 11 is 3.90. The van der Waals surface area contributed by atoms with Gasteiger partial charge in [-0.05, 0) is 48.1 Å². The van der Waals surface area contributed by atoms with Crippen LogP contribution in [0.15, 0.2) is 24.3 Å². The Balaban J connectivity index is 1.75. The second-order valence-electron chi connectivity index (χ2n) is 8.07. The highest BCUT2D eigenvalue weighted by Crippen LogP contribution is 2.80. The third-order valence-corrected chi connectivity index (χ3v) is 9.10. The summed E-state index contributed by atoms with van der Waals surface area (Å²) in [6.07, 6.45) is 4.33. The molecular weight excluding hydrogens is 338 g/mol. The molecule has 3 atom stereocenters. The van der Waals surface area contributed by atoms with Crippen LogP contribution in [0.5, 0.6) is 0 Å². The number of hydrogen-bond acceptors (Lipinski definition) is 1. The first-order valence-electron chi connectivity index (χ1n) is 8.40. The number of nitrogens with zero attached hydrogens (tertiary/aromatic N) is 1. The average Bonchev–Trinajstić information content (AvgIpc) is 2.93. The van der Waals surface area contributed by atoms with Crippen molar-refractivity contribution in [3.8, 4) is 0 Å². The number of benzene rings is 1. The molecule has 1 aliphatic heterocycles. The lowest BCUT2D eigenvalue weighted by molar-refractivity contribution is -0.158. The monoisotopic (exact) mass is 361 g/mol. The fourth-order valence-corrected chi connectivity index (χ4v) is 7.21. The number of fused-ring (bicyclic) bond motifs is 2. The number of alkyl halides is 1. The third-order valence-electron chi connectivity index (χ3n) is 7.31. The van der Waals surface area contributed by atoms with E-state index in [-0.39, 0.29) is 16.2 Å². The highest BCUT2D eigenvalue weighted by Gasteiger charge is 2.80. The minimum absolute atomic E-state index is 0.0671. The number of anilines is 1. The predicted octanol–water partition coefficient (Wildman–Crippen LogP) is 4.56. The summed E-state index contributed by atoms with van der Waals surface area (Å²) in [6.45, 7) is 7.80. The molecule has 118 valence electrons. The number of hydrogen-bond donors (Lipinski definition) is 0. The van der Waals surface area contributed by atoms with Gasteiger partial charge in [0.25, 0.3) is 0 Å². The summed E-state index contributed by atoms with van der Waals surface area (Å²) in [4.78, 5) is 16.0. The molecule has 0 spiro atoms. The van der Waals surface area contributed by atoms with Crippen LogP contribution in [0.3, 0.4) is 0 Å². The molecule has 0 N–H and O–H groups in total. The molecule has 22 heavy (non-hydrogen) atoms. The predicted molar refractivity (Wildman–Crippen MR) is 93.4 cm³/mol. The fourth-order valence-electron chi connectivity index (χ4n) is 5.41. The van der Waals surface area contributed by atoms with Crippen molar-refractivity contribution >= 4 is 27.5 Å². The van der Waals surface area contributed by atoms with Crippen LogP contribution in [0, 0.1) is 16.2 Å². The molecule has 1 aromatic rings. The molecule has 0 radical (unpaired) electrons. The maximum Gasteiger partial charge on any atom is 0.234 e. The van der Waals surface area contributed by atoms with Crippen LogP contribution < -0.4 is 4.90 Å². The van der Waals surface area contributed by atoms with Crippen molar-refractivity contribution in [1.29, 1.82) is 0 Å². The molecule has 3 unspecified atom stereocenters. The Morgan fingerprint density at radius 2 is 1.95 bits per heavy atom. The van der Waals surface area contributed by atoms with Crippen LogP contribution >= 0.6 is 15.9 Å². The maximum atomic E-state index is 13.6. The van der Waals surface area contributed by atoms with E-state index in [9.17, 15) is 4.79 Å². The molecule has 3 fully saturated rings. The lowest BCUT2D eigenvalue weighted by Gasteiger charge is -2.65. The van der Waals surface area contributed by atoms with Crippen LogP contribution in [-0.4, -0.2) is 17.3 Å². The Hall–Kier alpha value is -0.830. The van der Waals surface area contributed by atoms with E-state index in [1.807, 2.05) is 0 Å². The number of halogens is 1. The van der Waals surface area contributed by atoms with Gasteiger partial charge in [-0.3, -0.25) is 4.79 Å². The summed E-state index contributed by atoms with van der Waals surface area (Å²) in [6, 6.07) is 8.42. The van der Waals surface area contributed by atoms with Crippen LogP contribution in [-0.2, 0) is 11.2 Å². The smallest absolute Gasteiger partial charge is 0.234 e. The van der Waals surface area contributed by atoms with Crippen molar-refractivity contribution in [3.05, 3.63) is 29.8 Å². The number of rotatable bonds is 1. The van der Waals surface area contributed by atoms with Gasteiger partial charge in [0, 0.05) is 17.1 Å². The van der Waals surface area contributed by atoms with E-state index in [4.69, 9.17) is 0 Å². The molecule has 0 saturated heterocycles. The Bertz CT molecular complexity index is 655.